The van der Waals surface area contributed by atoms with Crippen LogP contribution in [0.1, 0.15) is 0 Å². The summed E-state index contributed by atoms with van der Waals surface area (Å²) in [7, 11) is 1.59. The van der Waals surface area contributed by atoms with Crippen molar-refractivity contribution in [3.05, 3.63) is 52.8 Å². The lowest BCUT2D eigenvalue weighted by molar-refractivity contribution is 0.305. The standard InChI is InChI=1S/C15H15BrFNO2/c1-19-14-4-2-3-5-15(14)20-9-8-18-13-7-6-11(16)10-12(13)17/h2-7,10,18H,8-9H2,1H3. The molecule has 2 aromatic rings. The smallest absolute Gasteiger partial charge is 0.161 e. The molecular weight excluding hydrogens is 325 g/mol. The van der Waals surface area contributed by atoms with Crippen LogP contribution in [0.15, 0.2) is 46.9 Å². The van der Waals surface area contributed by atoms with Crippen LogP contribution in [0.5, 0.6) is 11.5 Å². The van der Waals surface area contributed by atoms with Gasteiger partial charge < -0.3 is 14.8 Å². The summed E-state index contributed by atoms with van der Waals surface area (Å²) in [5.41, 5.74) is 0.455. The first-order valence-corrected chi connectivity index (χ1v) is 6.95. The highest BCUT2D eigenvalue weighted by Crippen LogP contribution is 2.25. The lowest BCUT2D eigenvalue weighted by Crippen LogP contribution is -2.12. The van der Waals surface area contributed by atoms with E-state index in [9.17, 15) is 4.39 Å². The Morgan fingerprint density at radius 3 is 2.60 bits per heavy atom. The summed E-state index contributed by atoms with van der Waals surface area (Å²) < 4.78 is 25.1. The third-order valence-electron chi connectivity index (χ3n) is 2.68. The van der Waals surface area contributed by atoms with Crippen LogP contribution in [0.2, 0.25) is 0 Å². The average Bonchev–Trinajstić information content (AvgIpc) is 2.46. The van der Waals surface area contributed by atoms with Gasteiger partial charge >= 0.3 is 0 Å². The first-order valence-electron chi connectivity index (χ1n) is 6.15. The maximum absolute atomic E-state index is 13.6. The monoisotopic (exact) mass is 339 g/mol. The lowest BCUT2D eigenvalue weighted by Gasteiger charge is -2.11. The van der Waals surface area contributed by atoms with E-state index in [1.165, 1.54) is 6.07 Å². The Labute approximate surface area is 125 Å². The number of nitrogens with one attached hydrogen (secondary N) is 1. The summed E-state index contributed by atoms with van der Waals surface area (Å²) in [6, 6.07) is 12.3. The van der Waals surface area contributed by atoms with E-state index < -0.39 is 0 Å². The van der Waals surface area contributed by atoms with Crippen LogP contribution in [-0.2, 0) is 0 Å². The molecule has 3 nitrogen and oxygen atoms in total. The van der Waals surface area contributed by atoms with Gasteiger partial charge in [-0.15, -0.1) is 0 Å². The van der Waals surface area contributed by atoms with E-state index in [1.807, 2.05) is 24.3 Å². The van der Waals surface area contributed by atoms with Crippen molar-refractivity contribution in [3.63, 3.8) is 0 Å². The Balaban J connectivity index is 1.84. The maximum atomic E-state index is 13.6. The van der Waals surface area contributed by atoms with Gasteiger partial charge in [0.2, 0.25) is 0 Å². The fourth-order valence-electron chi connectivity index (χ4n) is 1.72. The zero-order valence-electron chi connectivity index (χ0n) is 11.0. The number of methoxy groups -OCH3 is 1. The summed E-state index contributed by atoms with van der Waals surface area (Å²) in [6.07, 6.45) is 0. The molecule has 0 atom stereocenters. The van der Waals surface area contributed by atoms with Crippen molar-refractivity contribution in [1.82, 2.24) is 0 Å². The van der Waals surface area contributed by atoms with Crippen molar-refractivity contribution in [2.75, 3.05) is 25.6 Å². The number of hydrogen-bond donors (Lipinski definition) is 1. The largest absolute Gasteiger partial charge is 0.493 e. The van der Waals surface area contributed by atoms with Gasteiger partial charge in [-0.2, -0.15) is 0 Å². The minimum Gasteiger partial charge on any atom is -0.493 e. The molecule has 20 heavy (non-hydrogen) atoms. The van der Waals surface area contributed by atoms with Crippen LogP contribution in [-0.4, -0.2) is 20.3 Å². The Hall–Kier alpha value is -1.75. The number of hydrogen-bond acceptors (Lipinski definition) is 3. The molecule has 0 amide bonds. The van der Waals surface area contributed by atoms with E-state index >= 15 is 0 Å². The highest BCUT2D eigenvalue weighted by Gasteiger charge is 2.04. The minimum atomic E-state index is -0.295. The van der Waals surface area contributed by atoms with Gasteiger partial charge in [-0.3, -0.25) is 0 Å². The van der Waals surface area contributed by atoms with Gasteiger partial charge in [-0.1, -0.05) is 28.1 Å². The third kappa shape index (κ3) is 3.87. The predicted molar refractivity (Wildman–Crippen MR) is 81.1 cm³/mol. The molecule has 0 heterocycles. The maximum Gasteiger partial charge on any atom is 0.161 e. The number of rotatable bonds is 6. The molecule has 106 valence electrons. The molecule has 0 aliphatic heterocycles. The number of benzene rings is 2. The van der Waals surface area contributed by atoms with Gasteiger partial charge in [0.05, 0.1) is 12.8 Å². The fourth-order valence-corrected chi connectivity index (χ4v) is 2.05. The molecule has 0 unspecified atom stereocenters. The van der Waals surface area contributed by atoms with Gasteiger partial charge in [-0.25, -0.2) is 4.39 Å². The molecule has 0 spiro atoms. The highest BCUT2D eigenvalue weighted by molar-refractivity contribution is 9.10. The molecule has 0 aromatic heterocycles. The van der Waals surface area contributed by atoms with Crippen LogP contribution < -0.4 is 14.8 Å². The van der Waals surface area contributed by atoms with Crippen molar-refractivity contribution in [2.24, 2.45) is 0 Å². The van der Waals surface area contributed by atoms with E-state index in [4.69, 9.17) is 9.47 Å². The van der Waals surface area contributed by atoms with Crippen molar-refractivity contribution in [1.29, 1.82) is 0 Å². The van der Waals surface area contributed by atoms with Crippen molar-refractivity contribution in [2.45, 2.75) is 0 Å². The normalized spacial score (nSPS) is 10.2. The van der Waals surface area contributed by atoms with E-state index in [2.05, 4.69) is 21.2 Å². The van der Waals surface area contributed by atoms with Crippen LogP contribution in [0.4, 0.5) is 10.1 Å². The summed E-state index contributed by atoms with van der Waals surface area (Å²) in [5, 5.41) is 2.99. The first kappa shape index (κ1) is 14.7. The first-order chi connectivity index (χ1) is 9.70. The molecule has 2 rings (SSSR count). The minimum absolute atomic E-state index is 0.295. The van der Waals surface area contributed by atoms with Crippen molar-refractivity contribution >= 4 is 21.6 Å². The molecule has 0 bridgehead atoms. The van der Waals surface area contributed by atoms with Gasteiger partial charge in [0.25, 0.3) is 0 Å². The number of anilines is 1. The molecule has 1 N–H and O–H groups in total. The molecule has 0 aliphatic rings. The quantitative estimate of drug-likeness (QED) is 0.804. The van der Waals surface area contributed by atoms with Gasteiger partial charge in [0.1, 0.15) is 12.4 Å². The third-order valence-corrected chi connectivity index (χ3v) is 3.17. The van der Waals surface area contributed by atoms with Gasteiger partial charge in [0, 0.05) is 11.0 Å². The predicted octanol–water partition coefficient (Wildman–Crippen LogP) is 4.09. The molecule has 0 radical (unpaired) electrons. The van der Waals surface area contributed by atoms with E-state index in [0.29, 0.717) is 34.8 Å². The lowest BCUT2D eigenvalue weighted by atomic mass is 10.3. The topological polar surface area (TPSA) is 30.5 Å². The molecular formula is C15H15BrFNO2. The van der Waals surface area contributed by atoms with E-state index in [1.54, 1.807) is 19.2 Å². The second-order valence-electron chi connectivity index (χ2n) is 4.05. The zero-order valence-corrected chi connectivity index (χ0v) is 12.6. The summed E-state index contributed by atoms with van der Waals surface area (Å²) in [5.74, 6) is 1.06. The number of halogens is 2. The number of para-hydroxylation sites is 2. The molecule has 0 aliphatic carbocycles. The summed E-state index contributed by atoms with van der Waals surface area (Å²) in [6.45, 7) is 0.909. The van der Waals surface area contributed by atoms with Crippen molar-refractivity contribution in [3.8, 4) is 11.5 Å². The second-order valence-corrected chi connectivity index (χ2v) is 4.97. The van der Waals surface area contributed by atoms with Crippen LogP contribution >= 0.6 is 15.9 Å². The Bertz CT molecular complexity index is 578. The SMILES string of the molecule is COc1ccccc1OCCNc1ccc(Br)cc1F. The van der Waals surface area contributed by atoms with Crippen LogP contribution in [0, 0.1) is 5.82 Å². The van der Waals surface area contributed by atoms with E-state index in [0.717, 1.165) is 0 Å². The molecule has 0 fully saturated rings. The van der Waals surface area contributed by atoms with Crippen LogP contribution in [0.25, 0.3) is 0 Å². The van der Waals surface area contributed by atoms with Crippen molar-refractivity contribution < 1.29 is 13.9 Å². The average molecular weight is 340 g/mol. The summed E-state index contributed by atoms with van der Waals surface area (Å²) in [4.78, 5) is 0. The Morgan fingerprint density at radius 2 is 1.90 bits per heavy atom. The fraction of sp³-hybridized carbons (Fsp3) is 0.200. The van der Waals surface area contributed by atoms with E-state index in [-0.39, 0.29) is 5.82 Å². The van der Waals surface area contributed by atoms with Gasteiger partial charge in [0.15, 0.2) is 11.5 Å². The molecule has 0 saturated heterocycles. The molecule has 2 aromatic carbocycles. The van der Waals surface area contributed by atoms with Crippen LogP contribution in [0.3, 0.4) is 0 Å². The highest BCUT2D eigenvalue weighted by atomic mass is 79.9. The second kappa shape index (κ2) is 7.14. The molecule has 5 heteroatoms. The summed E-state index contributed by atoms with van der Waals surface area (Å²) >= 11 is 3.22. The van der Waals surface area contributed by atoms with Gasteiger partial charge in [-0.05, 0) is 30.3 Å². The Kier molecular flexibility index (Phi) is 5.24. The number of ether oxygens (including phenoxy) is 2. The molecule has 0 saturated carbocycles. The Morgan fingerprint density at radius 1 is 1.15 bits per heavy atom. The zero-order chi connectivity index (χ0) is 14.4.